The molecular formula is C21H23ClN2O3. The average Bonchev–Trinajstić information content (AvgIpc) is 3.03. The molecule has 2 amide bonds. The summed E-state index contributed by atoms with van der Waals surface area (Å²) < 4.78 is 5.12. The zero-order valence-electron chi connectivity index (χ0n) is 15.7. The predicted octanol–water partition coefficient (Wildman–Crippen LogP) is 4.21. The highest BCUT2D eigenvalue weighted by Crippen LogP contribution is 2.32. The van der Waals surface area contributed by atoms with Crippen LogP contribution in [0.15, 0.2) is 36.4 Å². The number of carbonyl (C=O) groups is 2. The van der Waals surface area contributed by atoms with E-state index in [2.05, 4.69) is 12.2 Å². The van der Waals surface area contributed by atoms with E-state index >= 15 is 0 Å². The predicted molar refractivity (Wildman–Crippen MR) is 108 cm³/mol. The normalized spacial score (nSPS) is 16.5. The lowest BCUT2D eigenvalue weighted by Gasteiger charge is -2.22. The monoisotopic (exact) mass is 386 g/mol. The topological polar surface area (TPSA) is 58.6 Å². The molecule has 27 heavy (non-hydrogen) atoms. The highest BCUT2D eigenvalue weighted by atomic mass is 35.5. The van der Waals surface area contributed by atoms with Crippen molar-refractivity contribution in [2.75, 3.05) is 23.9 Å². The minimum atomic E-state index is -0.400. The summed E-state index contributed by atoms with van der Waals surface area (Å²) in [4.78, 5) is 27.0. The van der Waals surface area contributed by atoms with Gasteiger partial charge in [0.2, 0.25) is 11.8 Å². The van der Waals surface area contributed by atoms with E-state index in [-0.39, 0.29) is 18.2 Å². The fourth-order valence-corrected chi connectivity index (χ4v) is 3.74. The Morgan fingerprint density at radius 1 is 1.33 bits per heavy atom. The van der Waals surface area contributed by atoms with Gasteiger partial charge in [-0.15, -0.1) is 0 Å². The van der Waals surface area contributed by atoms with Crippen molar-refractivity contribution in [3.05, 3.63) is 52.5 Å². The summed E-state index contributed by atoms with van der Waals surface area (Å²) in [6.07, 6.45) is 1.04. The van der Waals surface area contributed by atoms with E-state index in [1.807, 2.05) is 25.1 Å². The highest BCUT2D eigenvalue weighted by Gasteiger charge is 2.36. The van der Waals surface area contributed by atoms with Gasteiger partial charge in [-0.25, -0.2) is 0 Å². The van der Waals surface area contributed by atoms with Crippen LogP contribution in [0.2, 0.25) is 5.02 Å². The molecule has 0 radical (unpaired) electrons. The molecule has 5 nitrogen and oxygen atoms in total. The lowest BCUT2D eigenvalue weighted by molar-refractivity contribution is -0.122. The number of hydrogen-bond acceptors (Lipinski definition) is 3. The van der Waals surface area contributed by atoms with E-state index < -0.39 is 5.92 Å². The molecule has 1 saturated heterocycles. The number of anilines is 2. The molecule has 1 fully saturated rings. The number of nitrogens with one attached hydrogen (secondary N) is 1. The number of methoxy groups -OCH3 is 1. The number of aryl methyl sites for hydroxylation is 2. The maximum Gasteiger partial charge on any atom is 0.229 e. The molecule has 3 rings (SSSR count). The van der Waals surface area contributed by atoms with E-state index in [1.54, 1.807) is 23.1 Å². The van der Waals surface area contributed by atoms with Crippen molar-refractivity contribution in [2.24, 2.45) is 5.92 Å². The Labute approximate surface area is 164 Å². The SMILES string of the molecule is CCc1cccc(C)c1N1CC(C(=O)Nc2ccc(OC)c(Cl)c2)CC1=O. The molecule has 1 aliphatic heterocycles. The van der Waals surface area contributed by atoms with Crippen LogP contribution in [0.4, 0.5) is 11.4 Å². The maximum atomic E-state index is 12.7. The van der Waals surface area contributed by atoms with Gasteiger partial charge in [0.25, 0.3) is 0 Å². The molecule has 6 heteroatoms. The number of amides is 2. The first-order valence-corrected chi connectivity index (χ1v) is 9.35. The summed E-state index contributed by atoms with van der Waals surface area (Å²) in [6, 6.07) is 11.1. The van der Waals surface area contributed by atoms with Gasteiger partial charge in [-0.1, -0.05) is 36.7 Å². The first-order chi connectivity index (χ1) is 12.9. The van der Waals surface area contributed by atoms with Crippen LogP contribution in [0.5, 0.6) is 5.75 Å². The Morgan fingerprint density at radius 3 is 2.78 bits per heavy atom. The summed E-state index contributed by atoms with van der Waals surface area (Å²) in [6.45, 7) is 4.44. The Kier molecular flexibility index (Phi) is 5.71. The molecular weight excluding hydrogens is 364 g/mol. The fourth-order valence-electron chi connectivity index (χ4n) is 3.48. The van der Waals surface area contributed by atoms with Gasteiger partial charge in [0.05, 0.1) is 18.1 Å². The summed E-state index contributed by atoms with van der Waals surface area (Å²) in [5.41, 5.74) is 3.69. The van der Waals surface area contributed by atoms with E-state index in [0.29, 0.717) is 23.0 Å². The van der Waals surface area contributed by atoms with Gasteiger partial charge in [-0.3, -0.25) is 9.59 Å². The zero-order valence-corrected chi connectivity index (χ0v) is 16.5. The molecule has 142 valence electrons. The number of carbonyl (C=O) groups excluding carboxylic acids is 2. The van der Waals surface area contributed by atoms with Crippen LogP contribution in [0.1, 0.15) is 24.5 Å². The van der Waals surface area contributed by atoms with Crippen LogP contribution in [0, 0.1) is 12.8 Å². The molecule has 1 aliphatic rings. The van der Waals surface area contributed by atoms with E-state index in [4.69, 9.17) is 16.3 Å². The molecule has 2 aromatic carbocycles. The molecule has 1 unspecified atom stereocenters. The Bertz CT molecular complexity index is 882. The van der Waals surface area contributed by atoms with Crippen LogP contribution in [0.3, 0.4) is 0 Å². The van der Waals surface area contributed by atoms with Gasteiger partial charge < -0.3 is 15.0 Å². The van der Waals surface area contributed by atoms with Crippen molar-refractivity contribution >= 4 is 34.8 Å². The number of halogens is 1. The van der Waals surface area contributed by atoms with Gasteiger partial charge in [-0.2, -0.15) is 0 Å². The van der Waals surface area contributed by atoms with Crippen LogP contribution in [-0.2, 0) is 16.0 Å². The van der Waals surface area contributed by atoms with Crippen molar-refractivity contribution in [2.45, 2.75) is 26.7 Å². The summed E-state index contributed by atoms with van der Waals surface area (Å²) in [7, 11) is 1.54. The molecule has 1 heterocycles. The smallest absolute Gasteiger partial charge is 0.229 e. The van der Waals surface area contributed by atoms with Crippen molar-refractivity contribution in [3.63, 3.8) is 0 Å². The minimum Gasteiger partial charge on any atom is -0.495 e. The number of ether oxygens (including phenoxy) is 1. The Hall–Kier alpha value is -2.53. The summed E-state index contributed by atoms with van der Waals surface area (Å²) >= 11 is 6.11. The maximum absolute atomic E-state index is 12.7. The molecule has 1 N–H and O–H groups in total. The number of nitrogens with zero attached hydrogens (tertiary/aromatic N) is 1. The summed E-state index contributed by atoms with van der Waals surface area (Å²) in [5, 5.41) is 3.28. The number of para-hydroxylation sites is 1. The Balaban J connectivity index is 1.76. The lowest BCUT2D eigenvalue weighted by atomic mass is 10.0. The second-order valence-electron chi connectivity index (χ2n) is 6.68. The quantitative estimate of drug-likeness (QED) is 0.837. The van der Waals surface area contributed by atoms with Gasteiger partial charge in [0, 0.05) is 24.3 Å². The molecule has 1 atom stereocenters. The standard InChI is InChI=1S/C21H23ClN2O3/c1-4-14-7-5-6-13(2)20(14)24-12-15(10-19(24)25)21(26)23-16-8-9-18(27-3)17(22)11-16/h5-9,11,15H,4,10,12H2,1-3H3,(H,23,26). The molecule has 2 aromatic rings. The first-order valence-electron chi connectivity index (χ1n) is 8.97. The minimum absolute atomic E-state index is 0.0214. The third kappa shape index (κ3) is 3.93. The molecule has 0 saturated carbocycles. The fraction of sp³-hybridized carbons (Fsp3) is 0.333. The molecule has 0 aromatic heterocycles. The van der Waals surface area contributed by atoms with Gasteiger partial charge >= 0.3 is 0 Å². The van der Waals surface area contributed by atoms with Gasteiger partial charge in [0.15, 0.2) is 0 Å². The van der Waals surface area contributed by atoms with Crippen molar-refractivity contribution in [1.82, 2.24) is 0 Å². The molecule has 0 aliphatic carbocycles. The van der Waals surface area contributed by atoms with Crippen LogP contribution in [0.25, 0.3) is 0 Å². The van der Waals surface area contributed by atoms with Gasteiger partial charge in [-0.05, 0) is 42.7 Å². The van der Waals surface area contributed by atoms with E-state index in [1.165, 1.54) is 7.11 Å². The second kappa shape index (κ2) is 8.01. The van der Waals surface area contributed by atoms with Crippen molar-refractivity contribution < 1.29 is 14.3 Å². The van der Waals surface area contributed by atoms with Gasteiger partial charge in [0.1, 0.15) is 5.75 Å². The second-order valence-corrected chi connectivity index (χ2v) is 7.09. The third-order valence-corrected chi connectivity index (χ3v) is 5.18. The molecule has 0 spiro atoms. The number of benzene rings is 2. The number of rotatable bonds is 5. The lowest BCUT2D eigenvalue weighted by Crippen LogP contribution is -2.29. The first kappa shape index (κ1) is 19.2. The average molecular weight is 387 g/mol. The van der Waals surface area contributed by atoms with E-state index in [0.717, 1.165) is 23.2 Å². The Morgan fingerprint density at radius 2 is 2.11 bits per heavy atom. The van der Waals surface area contributed by atoms with Crippen LogP contribution < -0.4 is 15.0 Å². The largest absolute Gasteiger partial charge is 0.495 e. The number of hydrogen-bond donors (Lipinski definition) is 1. The molecule has 0 bridgehead atoms. The van der Waals surface area contributed by atoms with E-state index in [9.17, 15) is 9.59 Å². The summed E-state index contributed by atoms with van der Waals surface area (Å²) in [5.74, 6) is -0.0585. The van der Waals surface area contributed by atoms with Crippen molar-refractivity contribution in [1.29, 1.82) is 0 Å². The van der Waals surface area contributed by atoms with Crippen LogP contribution in [-0.4, -0.2) is 25.5 Å². The third-order valence-electron chi connectivity index (χ3n) is 4.89. The zero-order chi connectivity index (χ0) is 19.6. The highest BCUT2D eigenvalue weighted by molar-refractivity contribution is 6.32. The van der Waals surface area contributed by atoms with Crippen molar-refractivity contribution in [3.8, 4) is 5.75 Å². The van der Waals surface area contributed by atoms with Crippen LogP contribution >= 0.6 is 11.6 Å².